The SMILES string of the molecule is CCOc1cc(/C=C2\SC(=O)N(CC(=O)Nc3ccc(F)cc3)C2=O)cc(I)c1OCc1ccc(Cl)c(Cl)c1. The number of hydrogen-bond donors (Lipinski definition) is 1. The van der Waals surface area contributed by atoms with Crippen LogP contribution < -0.4 is 14.8 Å². The Kier molecular flexibility index (Phi) is 9.76. The highest BCUT2D eigenvalue weighted by Crippen LogP contribution is 2.38. The maximum Gasteiger partial charge on any atom is 0.294 e. The van der Waals surface area contributed by atoms with Gasteiger partial charge in [-0.25, -0.2) is 4.39 Å². The minimum Gasteiger partial charge on any atom is -0.490 e. The maximum absolute atomic E-state index is 13.1. The number of nitrogens with zero attached hydrogens (tertiary/aromatic N) is 1. The quantitative estimate of drug-likeness (QED) is 0.185. The number of carbonyl (C=O) groups is 3. The third kappa shape index (κ3) is 7.44. The van der Waals surface area contributed by atoms with Gasteiger partial charge in [0.15, 0.2) is 11.5 Å². The summed E-state index contributed by atoms with van der Waals surface area (Å²) >= 11 is 14.9. The third-order valence-corrected chi connectivity index (χ3v) is 7.75. The first-order valence-corrected chi connectivity index (χ1v) is 14.1. The van der Waals surface area contributed by atoms with Gasteiger partial charge in [0, 0.05) is 5.69 Å². The fourth-order valence-electron chi connectivity index (χ4n) is 3.52. The average Bonchev–Trinajstić information content (AvgIpc) is 3.14. The van der Waals surface area contributed by atoms with E-state index in [2.05, 4.69) is 27.9 Å². The zero-order valence-corrected chi connectivity index (χ0v) is 24.8. The molecular formula is C27H20Cl2FIN2O5S. The molecule has 1 aliphatic rings. The van der Waals surface area contributed by atoms with Gasteiger partial charge in [-0.15, -0.1) is 0 Å². The second-order valence-corrected chi connectivity index (χ2v) is 11.1. The highest BCUT2D eigenvalue weighted by Gasteiger charge is 2.36. The van der Waals surface area contributed by atoms with Gasteiger partial charge < -0.3 is 14.8 Å². The number of rotatable bonds is 9. The van der Waals surface area contributed by atoms with Gasteiger partial charge in [-0.05, 0) is 107 Å². The van der Waals surface area contributed by atoms with Crippen LogP contribution in [0.5, 0.6) is 11.5 Å². The van der Waals surface area contributed by atoms with E-state index in [0.29, 0.717) is 39.4 Å². The van der Waals surface area contributed by atoms with Crippen molar-refractivity contribution >= 4 is 86.4 Å². The van der Waals surface area contributed by atoms with Gasteiger partial charge in [-0.1, -0.05) is 29.3 Å². The molecule has 1 N–H and O–H groups in total. The van der Waals surface area contributed by atoms with Crippen molar-refractivity contribution in [3.63, 3.8) is 0 Å². The monoisotopic (exact) mass is 700 g/mol. The molecule has 0 bridgehead atoms. The molecule has 12 heteroatoms. The zero-order valence-electron chi connectivity index (χ0n) is 20.3. The Hall–Kier alpha value is -2.80. The summed E-state index contributed by atoms with van der Waals surface area (Å²) in [6.45, 7) is 1.97. The summed E-state index contributed by atoms with van der Waals surface area (Å²) in [5.74, 6) is -0.633. The van der Waals surface area contributed by atoms with Crippen LogP contribution in [0.2, 0.25) is 10.0 Å². The molecule has 39 heavy (non-hydrogen) atoms. The molecule has 3 aromatic carbocycles. The van der Waals surface area contributed by atoms with Crippen molar-refractivity contribution in [3.8, 4) is 11.5 Å². The molecule has 3 aromatic rings. The summed E-state index contributed by atoms with van der Waals surface area (Å²) < 4.78 is 25.6. The molecule has 0 unspecified atom stereocenters. The van der Waals surface area contributed by atoms with Gasteiger partial charge in [0.1, 0.15) is 19.0 Å². The lowest BCUT2D eigenvalue weighted by Crippen LogP contribution is -2.36. The van der Waals surface area contributed by atoms with Crippen LogP contribution in [0, 0.1) is 9.39 Å². The number of thioether (sulfide) groups is 1. The highest BCUT2D eigenvalue weighted by molar-refractivity contribution is 14.1. The number of anilines is 1. The van der Waals surface area contributed by atoms with Gasteiger partial charge in [-0.3, -0.25) is 19.3 Å². The fourth-order valence-corrected chi connectivity index (χ4v) is 5.46. The summed E-state index contributed by atoms with van der Waals surface area (Å²) in [6, 6.07) is 13.9. The number of halogens is 4. The topological polar surface area (TPSA) is 84.9 Å². The van der Waals surface area contributed by atoms with Gasteiger partial charge in [0.25, 0.3) is 11.1 Å². The molecule has 0 saturated carbocycles. The Bertz CT molecular complexity index is 1470. The van der Waals surface area contributed by atoms with Gasteiger partial charge >= 0.3 is 0 Å². The number of imide groups is 1. The Morgan fingerprint density at radius 2 is 1.82 bits per heavy atom. The Labute approximate surface area is 251 Å². The van der Waals surface area contributed by atoms with Crippen molar-refractivity contribution in [2.24, 2.45) is 0 Å². The second-order valence-electron chi connectivity index (χ2n) is 8.12. The minimum atomic E-state index is -0.591. The van der Waals surface area contributed by atoms with Gasteiger partial charge in [-0.2, -0.15) is 0 Å². The van der Waals surface area contributed by atoms with Crippen molar-refractivity contribution in [2.45, 2.75) is 13.5 Å². The Balaban J connectivity index is 1.48. The van der Waals surface area contributed by atoms with Crippen molar-refractivity contribution in [1.29, 1.82) is 0 Å². The van der Waals surface area contributed by atoms with Gasteiger partial charge in [0.2, 0.25) is 5.91 Å². The molecule has 1 saturated heterocycles. The predicted octanol–water partition coefficient (Wildman–Crippen LogP) is 7.39. The molecule has 0 aliphatic carbocycles. The molecule has 0 atom stereocenters. The first-order chi connectivity index (χ1) is 18.6. The minimum absolute atomic E-state index is 0.164. The van der Waals surface area contributed by atoms with Crippen LogP contribution in [0.15, 0.2) is 59.5 Å². The smallest absolute Gasteiger partial charge is 0.294 e. The van der Waals surface area contributed by atoms with Crippen LogP contribution in [-0.2, 0) is 16.2 Å². The first kappa shape index (κ1) is 29.2. The molecule has 0 spiro atoms. The number of hydrogen-bond acceptors (Lipinski definition) is 6. The van der Waals surface area contributed by atoms with E-state index in [1.54, 1.807) is 30.3 Å². The predicted molar refractivity (Wildman–Crippen MR) is 159 cm³/mol. The van der Waals surface area contributed by atoms with Crippen molar-refractivity contribution < 1.29 is 28.2 Å². The maximum atomic E-state index is 13.1. The van der Waals surface area contributed by atoms with Crippen LogP contribution in [0.4, 0.5) is 14.9 Å². The zero-order chi connectivity index (χ0) is 28.1. The van der Waals surface area contributed by atoms with Crippen molar-refractivity contribution in [2.75, 3.05) is 18.5 Å². The summed E-state index contributed by atoms with van der Waals surface area (Å²) in [6.07, 6.45) is 1.57. The Morgan fingerprint density at radius 1 is 1.08 bits per heavy atom. The highest BCUT2D eigenvalue weighted by atomic mass is 127. The lowest BCUT2D eigenvalue weighted by Gasteiger charge is -2.15. The molecule has 0 radical (unpaired) electrons. The normalized spacial score (nSPS) is 14.2. The van der Waals surface area contributed by atoms with E-state index in [-0.39, 0.29) is 11.5 Å². The molecule has 1 fully saturated rings. The van der Waals surface area contributed by atoms with E-state index in [0.717, 1.165) is 25.8 Å². The largest absolute Gasteiger partial charge is 0.490 e. The van der Waals surface area contributed by atoms with E-state index < -0.39 is 29.4 Å². The molecule has 3 amide bonds. The second kappa shape index (κ2) is 13.0. The number of carbonyl (C=O) groups excluding carboxylic acids is 3. The van der Waals surface area contributed by atoms with E-state index in [9.17, 15) is 18.8 Å². The summed E-state index contributed by atoms with van der Waals surface area (Å²) in [5, 5.41) is 2.85. The average molecular weight is 701 g/mol. The molecular weight excluding hydrogens is 681 g/mol. The lowest BCUT2D eigenvalue weighted by atomic mass is 10.1. The van der Waals surface area contributed by atoms with E-state index in [4.69, 9.17) is 32.7 Å². The molecule has 1 heterocycles. The molecule has 7 nitrogen and oxygen atoms in total. The molecule has 4 rings (SSSR count). The number of ether oxygens (including phenoxy) is 2. The van der Waals surface area contributed by atoms with E-state index in [1.165, 1.54) is 24.3 Å². The van der Waals surface area contributed by atoms with Crippen LogP contribution >= 0.6 is 57.6 Å². The summed E-state index contributed by atoms with van der Waals surface area (Å²) in [4.78, 5) is 38.8. The fraction of sp³-hybridized carbons (Fsp3) is 0.148. The standard InChI is InChI=1S/C27H20Cl2FIN2O5S/c1-2-37-22-11-16(10-21(31)25(22)38-14-15-3-8-19(28)20(29)9-15)12-23-26(35)33(27(36)39-23)13-24(34)32-18-6-4-17(30)5-7-18/h3-12H,2,13-14H2,1H3,(H,32,34)/b23-12-. The number of nitrogens with one attached hydrogen (secondary N) is 1. The van der Waals surface area contributed by atoms with Crippen LogP contribution in [0.1, 0.15) is 18.1 Å². The number of benzene rings is 3. The third-order valence-electron chi connectivity index (χ3n) is 5.30. The van der Waals surface area contributed by atoms with Gasteiger partial charge in [0.05, 0.1) is 25.1 Å². The summed E-state index contributed by atoms with van der Waals surface area (Å²) in [5.41, 5.74) is 1.79. The van der Waals surface area contributed by atoms with Crippen LogP contribution in [-0.4, -0.2) is 35.1 Å². The summed E-state index contributed by atoms with van der Waals surface area (Å²) in [7, 11) is 0. The molecule has 0 aromatic heterocycles. The van der Waals surface area contributed by atoms with E-state index in [1.807, 2.05) is 13.0 Å². The lowest BCUT2D eigenvalue weighted by molar-refractivity contribution is -0.127. The Morgan fingerprint density at radius 3 is 2.51 bits per heavy atom. The van der Waals surface area contributed by atoms with Crippen LogP contribution in [0.3, 0.4) is 0 Å². The first-order valence-electron chi connectivity index (χ1n) is 11.5. The van der Waals surface area contributed by atoms with E-state index >= 15 is 0 Å². The van der Waals surface area contributed by atoms with Crippen molar-refractivity contribution in [3.05, 3.63) is 90.1 Å². The van der Waals surface area contributed by atoms with Crippen LogP contribution in [0.25, 0.3) is 6.08 Å². The molecule has 202 valence electrons. The van der Waals surface area contributed by atoms with Crippen molar-refractivity contribution in [1.82, 2.24) is 4.90 Å². The number of amides is 3. The molecule has 1 aliphatic heterocycles.